The van der Waals surface area contributed by atoms with Crippen LogP contribution in [0.25, 0.3) is 0 Å². The number of rotatable bonds is 4. The van der Waals surface area contributed by atoms with Crippen LogP contribution in [0.4, 0.5) is 0 Å². The van der Waals surface area contributed by atoms with Crippen molar-refractivity contribution in [2.75, 3.05) is 0 Å². The van der Waals surface area contributed by atoms with E-state index in [1.807, 2.05) is 37.3 Å². The maximum Gasteiger partial charge on any atom is 0.233 e. The molecule has 1 atom stereocenters. The summed E-state index contributed by atoms with van der Waals surface area (Å²) in [5.41, 5.74) is 6.28. The quantitative estimate of drug-likeness (QED) is 0.831. The molecule has 1 aromatic rings. The first kappa shape index (κ1) is 14.0. The molecular formula is C15H20N2OS. The number of carbonyl (C=O) groups excluding carboxylic acids is 1. The van der Waals surface area contributed by atoms with Crippen LogP contribution in [0.2, 0.25) is 0 Å². The number of amides is 1. The smallest absolute Gasteiger partial charge is 0.233 e. The van der Waals surface area contributed by atoms with Gasteiger partial charge in [0.25, 0.3) is 0 Å². The molecule has 0 radical (unpaired) electrons. The molecule has 0 heterocycles. The molecule has 2 rings (SSSR count). The molecule has 0 aliphatic heterocycles. The van der Waals surface area contributed by atoms with Crippen molar-refractivity contribution in [1.29, 1.82) is 0 Å². The van der Waals surface area contributed by atoms with Crippen molar-refractivity contribution in [3.8, 4) is 0 Å². The average Bonchev–Trinajstić information content (AvgIpc) is 2.90. The Balaban J connectivity index is 2.10. The van der Waals surface area contributed by atoms with Gasteiger partial charge < -0.3 is 11.1 Å². The van der Waals surface area contributed by atoms with Crippen molar-refractivity contribution in [1.82, 2.24) is 5.32 Å². The minimum Gasteiger partial charge on any atom is -0.392 e. The normalized spacial score (nSPS) is 18.8. The van der Waals surface area contributed by atoms with Gasteiger partial charge in [-0.2, -0.15) is 0 Å². The molecule has 19 heavy (non-hydrogen) atoms. The molecular weight excluding hydrogens is 256 g/mol. The van der Waals surface area contributed by atoms with Crippen LogP contribution in [0.1, 0.15) is 44.2 Å². The second-order valence-corrected chi connectivity index (χ2v) is 5.70. The molecule has 3 N–H and O–H groups in total. The van der Waals surface area contributed by atoms with E-state index in [1.54, 1.807) is 0 Å². The minimum atomic E-state index is -0.627. The second-order valence-electron chi connectivity index (χ2n) is 5.26. The van der Waals surface area contributed by atoms with Crippen LogP contribution >= 0.6 is 12.2 Å². The number of hydrogen-bond acceptors (Lipinski definition) is 2. The van der Waals surface area contributed by atoms with Gasteiger partial charge >= 0.3 is 0 Å². The van der Waals surface area contributed by atoms with Gasteiger partial charge in [-0.05, 0) is 25.3 Å². The van der Waals surface area contributed by atoms with Crippen molar-refractivity contribution in [2.24, 2.45) is 11.1 Å². The van der Waals surface area contributed by atoms with Crippen LogP contribution in [0.3, 0.4) is 0 Å². The van der Waals surface area contributed by atoms with Crippen molar-refractivity contribution in [2.45, 2.75) is 38.6 Å². The highest BCUT2D eigenvalue weighted by atomic mass is 32.1. The van der Waals surface area contributed by atoms with Crippen LogP contribution < -0.4 is 11.1 Å². The summed E-state index contributed by atoms with van der Waals surface area (Å²) >= 11 is 5.13. The Morgan fingerprint density at radius 1 is 1.32 bits per heavy atom. The number of nitrogens with two attached hydrogens (primary N) is 1. The van der Waals surface area contributed by atoms with Crippen molar-refractivity contribution >= 4 is 23.1 Å². The zero-order chi connectivity index (χ0) is 13.9. The zero-order valence-corrected chi connectivity index (χ0v) is 12.0. The lowest BCUT2D eigenvalue weighted by Crippen LogP contribution is -2.47. The van der Waals surface area contributed by atoms with Crippen LogP contribution in [0.15, 0.2) is 30.3 Å². The van der Waals surface area contributed by atoms with Gasteiger partial charge in [0.15, 0.2) is 0 Å². The lowest BCUT2D eigenvalue weighted by molar-refractivity contribution is -0.128. The maximum absolute atomic E-state index is 12.5. The highest BCUT2D eigenvalue weighted by Gasteiger charge is 2.44. The highest BCUT2D eigenvalue weighted by molar-refractivity contribution is 7.80. The van der Waals surface area contributed by atoms with E-state index in [-0.39, 0.29) is 11.9 Å². The summed E-state index contributed by atoms with van der Waals surface area (Å²) in [6.07, 6.45) is 3.58. The molecule has 0 bridgehead atoms. The molecule has 1 fully saturated rings. The van der Waals surface area contributed by atoms with Gasteiger partial charge in [-0.25, -0.2) is 0 Å². The third-order valence-electron chi connectivity index (χ3n) is 4.01. The topological polar surface area (TPSA) is 55.1 Å². The second kappa shape index (κ2) is 5.70. The van der Waals surface area contributed by atoms with Gasteiger partial charge in [-0.3, -0.25) is 4.79 Å². The van der Waals surface area contributed by atoms with Gasteiger partial charge in [0.1, 0.15) is 0 Å². The molecule has 4 heteroatoms. The molecule has 102 valence electrons. The lowest BCUT2D eigenvalue weighted by atomic mass is 9.84. The number of nitrogens with one attached hydrogen (secondary N) is 1. The standard InChI is InChI=1S/C15H20N2OS/c1-11(12-7-3-2-4-8-12)17-14(18)15(13(16)19)9-5-6-10-15/h2-4,7-8,11H,5-6,9-10H2,1H3,(H2,16,19)(H,17,18). The SMILES string of the molecule is CC(NC(=O)C1(C(N)=S)CCCC1)c1ccccc1. The summed E-state index contributed by atoms with van der Waals surface area (Å²) < 4.78 is 0. The lowest BCUT2D eigenvalue weighted by Gasteiger charge is -2.28. The number of hydrogen-bond donors (Lipinski definition) is 2. The predicted molar refractivity (Wildman–Crippen MR) is 80.7 cm³/mol. The summed E-state index contributed by atoms with van der Waals surface area (Å²) in [7, 11) is 0. The first-order valence-electron chi connectivity index (χ1n) is 6.72. The van der Waals surface area contributed by atoms with Crippen molar-refractivity contribution < 1.29 is 4.79 Å². The Morgan fingerprint density at radius 3 is 2.42 bits per heavy atom. The monoisotopic (exact) mass is 276 g/mol. The van der Waals surface area contributed by atoms with E-state index >= 15 is 0 Å². The molecule has 1 aliphatic rings. The number of benzene rings is 1. The van der Waals surface area contributed by atoms with Crippen LogP contribution in [0.5, 0.6) is 0 Å². The fraction of sp³-hybridized carbons (Fsp3) is 0.467. The molecule has 3 nitrogen and oxygen atoms in total. The Bertz CT molecular complexity index is 466. The molecule has 1 unspecified atom stereocenters. The Labute approximate surface area is 119 Å². The van der Waals surface area contributed by atoms with Gasteiger partial charge in [-0.15, -0.1) is 0 Å². The highest BCUT2D eigenvalue weighted by Crippen LogP contribution is 2.39. The largest absolute Gasteiger partial charge is 0.392 e. The third kappa shape index (κ3) is 2.78. The first-order valence-corrected chi connectivity index (χ1v) is 7.13. The third-order valence-corrected chi connectivity index (χ3v) is 4.40. The van der Waals surface area contributed by atoms with E-state index in [1.165, 1.54) is 0 Å². The van der Waals surface area contributed by atoms with E-state index in [4.69, 9.17) is 18.0 Å². The van der Waals surface area contributed by atoms with E-state index in [0.717, 1.165) is 31.2 Å². The van der Waals surface area contributed by atoms with Crippen LogP contribution in [-0.2, 0) is 4.79 Å². The Morgan fingerprint density at radius 2 is 1.89 bits per heavy atom. The average molecular weight is 276 g/mol. The molecule has 0 aromatic heterocycles. The van der Waals surface area contributed by atoms with Crippen molar-refractivity contribution in [3.63, 3.8) is 0 Å². The first-order chi connectivity index (χ1) is 9.06. The minimum absolute atomic E-state index is 0.0196. The Kier molecular flexibility index (Phi) is 4.20. The van der Waals surface area contributed by atoms with E-state index in [9.17, 15) is 4.79 Å². The molecule has 1 aromatic carbocycles. The van der Waals surface area contributed by atoms with Gasteiger partial charge in [0, 0.05) is 0 Å². The predicted octanol–water partition coefficient (Wildman–Crippen LogP) is 2.71. The van der Waals surface area contributed by atoms with E-state index < -0.39 is 5.41 Å². The molecule has 1 amide bonds. The number of carbonyl (C=O) groups is 1. The van der Waals surface area contributed by atoms with E-state index in [2.05, 4.69) is 5.32 Å². The summed E-state index contributed by atoms with van der Waals surface area (Å²) in [5.74, 6) is -0.0196. The van der Waals surface area contributed by atoms with Gasteiger partial charge in [-0.1, -0.05) is 55.4 Å². The fourth-order valence-corrected chi connectivity index (χ4v) is 3.02. The summed E-state index contributed by atoms with van der Waals surface area (Å²) in [6.45, 7) is 1.98. The van der Waals surface area contributed by atoms with Gasteiger partial charge in [0.2, 0.25) is 5.91 Å². The van der Waals surface area contributed by atoms with E-state index in [0.29, 0.717) is 4.99 Å². The molecule has 1 saturated carbocycles. The summed E-state index contributed by atoms with van der Waals surface area (Å²) in [4.78, 5) is 12.8. The fourth-order valence-electron chi connectivity index (χ4n) is 2.72. The van der Waals surface area contributed by atoms with Crippen LogP contribution in [0, 0.1) is 5.41 Å². The number of thiocarbonyl (C=S) groups is 1. The molecule has 0 spiro atoms. The molecule has 1 aliphatic carbocycles. The maximum atomic E-state index is 12.5. The summed E-state index contributed by atoms with van der Waals surface area (Å²) in [6, 6.07) is 9.89. The molecule has 0 saturated heterocycles. The van der Waals surface area contributed by atoms with Crippen molar-refractivity contribution in [3.05, 3.63) is 35.9 Å². The Hall–Kier alpha value is -1.42. The van der Waals surface area contributed by atoms with Crippen LogP contribution in [-0.4, -0.2) is 10.9 Å². The zero-order valence-electron chi connectivity index (χ0n) is 11.2. The van der Waals surface area contributed by atoms with Gasteiger partial charge in [0.05, 0.1) is 16.4 Å². The summed E-state index contributed by atoms with van der Waals surface area (Å²) in [5, 5.41) is 3.05.